The van der Waals surface area contributed by atoms with E-state index < -0.39 is 5.54 Å². The lowest BCUT2D eigenvalue weighted by Gasteiger charge is -2.32. The largest absolute Gasteiger partial charge is 0.370 e. The van der Waals surface area contributed by atoms with Crippen molar-refractivity contribution in [1.82, 2.24) is 5.32 Å². The molecule has 0 aromatic heterocycles. The van der Waals surface area contributed by atoms with Gasteiger partial charge in [-0.15, -0.1) is 6.42 Å². The van der Waals surface area contributed by atoms with Gasteiger partial charge >= 0.3 is 0 Å². The van der Waals surface area contributed by atoms with Crippen LogP contribution in [0.25, 0.3) is 0 Å². The van der Waals surface area contributed by atoms with E-state index in [2.05, 4.69) is 38.9 Å². The highest BCUT2D eigenvalue weighted by atomic mass is 16.5. The molecule has 0 spiro atoms. The molecule has 4 atom stereocenters. The zero-order valence-corrected chi connectivity index (χ0v) is 11.7. The molecule has 0 aliphatic carbocycles. The van der Waals surface area contributed by atoms with Gasteiger partial charge in [0.2, 0.25) is 0 Å². The molecule has 1 fully saturated rings. The van der Waals surface area contributed by atoms with Gasteiger partial charge in [-0.3, -0.25) is 0 Å². The van der Waals surface area contributed by atoms with Crippen LogP contribution in [-0.2, 0) is 4.74 Å². The van der Waals surface area contributed by atoms with Crippen molar-refractivity contribution in [1.29, 1.82) is 0 Å². The summed E-state index contributed by atoms with van der Waals surface area (Å²) in [5.74, 6) is 3.66. The first-order valence-corrected chi connectivity index (χ1v) is 6.46. The smallest absolute Gasteiger partial charge is 0.122 e. The van der Waals surface area contributed by atoms with Crippen molar-refractivity contribution < 1.29 is 4.74 Å². The number of rotatable bonds is 4. The van der Waals surface area contributed by atoms with Crippen LogP contribution in [0.4, 0.5) is 0 Å². The highest BCUT2D eigenvalue weighted by molar-refractivity contribution is 5.26. The summed E-state index contributed by atoms with van der Waals surface area (Å²) in [4.78, 5) is 0. The maximum atomic E-state index is 6.40. The van der Waals surface area contributed by atoms with Crippen LogP contribution in [-0.4, -0.2) is 30.8 Å². The van der Waals surface area contributed by atoms with Gasteiger partial charge in [0.15, 0.2) is 0 Å². The first-order chi connectivity index (χ1) is 7.86. The van der Waals surface area contributed by atoms with E-state index in [-0.39, 0.29) is 18.2 Å². The van der Waals surface area contributed by atoms with E-state index in [0.717, 1.165) is 6.42 Å². The van der Waals surface area contributed by atoms with Crippen LogP contribution in [0.2, 0.25) is 0 Å². The van der Waals surface area contributed by atoms with E-state index in [1.165, 1.54) is 0 Å². The lowest BCUT2D eigenvalue weighted by Crippen LogP contribution is -2.61. The van der Waals surface area contributed by atoms with Crippen LogP contribution in [0, 0.1) is 24.2 Å². The van der Waals surface area contributed by atoms with Crippen molar-refractivity contribution in [2.75, 3.05) is 7.05 Å². The van der Waals surface area contributed by atoms with Gasteiger partial charge in [0.25, 0.3) is 0 Å². The lowest BCUT2D eigenvalue weighted by molar-refractivity contribution is -0.00177. The third-order valence-electron chi connectivity index (χ3n) is 3.55. The van der Waals surface area contributed by atoms with Crippen LogP contribution in [0.15, 0.2) is 0 Å². The molecule has 1 saturated heterocycles. The van der Waals surface area contributed by atoms with E-state index >= 15 is 0 Å². The van der Waals surface area contributed by atoms with Gasteiger partial charge in [0.05, 0.1) is 18.2 Å². The molecular formula is C14H26N2O. The van der Waals surface area contributed by atoms with E-state index in [1.54, 1.807) is 0 Å². The number of terminal acetylenes is 1. The van der Waals surface area contributed by atoms with Crippen LogP contribution in [0.3, 0.4) is 0 Å². The van der Waals surface area contributed by atoms with Crippen LogP contribution in [0.5, 0.6) is 0 Å². The number of hydrogen-bond donors (Lipinski definition) is 2. The van der Waals surface area contributed by atoms with E-state index in [4.69, 9.17) is 16.9 Å². The quantitative estimate of drug-likeness (QED) is 0.727. The molecule has 0 bridgehead atoms. The van der Waals surface area contributed by atoms with Crippen molar-refractivity contribution in [3.63, 3.8) is 0 Å². The SMILES string of the molecule is C#C[C@]1(N)[C@H](C(C)C)O[C@H](CC(C)C)[C@@H]1NC. The average molecular weight is 238 g/mol. The zero-order chi connectivity index (χ0) is 13.2. The van der Waals surface area contributed by atoms with Gasteiger partial charge in [0, 0.05) is 0 Å². The minimum Gasteiger partial charge on any atom is -0.370 e. The molecule has 0 aromatic rings. The highest BCUT2D eigenvalue weighted by Gasteiger charge is 2.53. The second-order valence-corrected chi connectivity index (χ2v) is 5.81. The first-order valence-electron chi connectivity index (χ1n) is 6.46. The molecule has 1 aliphatic heterocycles. The normalized spacial score (nSPS) is 37.7. The highest BCUT2D eigenvalue weighted by Crippen LogP contribution is 2.35. The zero-order valence-electron chi connectivity index (χ0n) is 11.7. The summed E-state index contributed by atoms with van der Waals surface area (Å²) in [7, 11) is 1.91. The Morgan fingerprint density at radius 3 is 2.35 bits per heavy atom. The summed E-state index contributed by atoms with van der Waals surface area (Å²) in [6.07, 6.45) is 6.67. The molecule has 0 aromatic carbocycles. The maximum absolute atomic E-state index is 6.40. The predicted molar refractivity (Wildman–Crippen MR) is 71.6 cm³/mol. The van der Waals surface area contributed by atoms with E-state index in [0.29, 0.717) is 11.8 Å². The summed E-state index contributed by atoms with van der Waals surface area (Å²) in [6, 6.07) is 0.0299. The molecule has 0 amide bonds. The van der Waals surface area contributed by atoms with Crippen molar-refractivity contribution in [2.24, 2.45) is 17.6 Å². The molecule has 0 radical (unpaired) electrons. The predicted octanol–water partition coefficient (Wildman–Crippen LogP) is 1.37. The van der Waals surface area contributed by atoms with Gasteiger partial charge in [0.1, 0.15) is 5.54 Å². The van der Waals surface area contributed by atoms with Crippen molar-refractivity contribution >= 4 is 0 Å². The Bertz CT molecular complexity index is 295. The number of ether oxygens (including phenoxy) is 1. The topological polar surface area (TPSA) is 47.3 Å². The fourth-order valence-corrected chi connectivity index (χ4v) is 2.83. The van der Waals surface area contributed by atoms with Gasteiger partial charge in [-0.1, -0.05) is 33.6 Å². The van der Waals surface area contributed by atoms with E-state index in [1.807, 2.05) is 7.05 Å². The Kier molecular flexibility index (Phi) is 4.60. The number of likely N-dealkylation sites (N-methyl/N-ethyl adjacent to an activating group) is 1. The molecule has 98 valence electrons. The summed E-state index contributed by atoms with van der Waals surface area (Å²) in [6.45, 7) is 8.59. The monoisotopic (exact) mass is 238 g/mol. The van der Waals surface area contributed by atoms with Gasteiger partial charge in [-0.25, -0.2) is 0 Å². The molecular weight excluding hydrogens is 212 g/mol. The fraction of sp³-hybridized carbons (Fsp3) is 0.857. The molecule has 3 heteroatoms. The van der Waals surface area contributed by atoms with Gasteiger partial charge in [-0.05, 0) is 25.3 Å². The van der Waals surface area contributed by atoms with Crippen molar-refractivity contribution in [2.45, 2.75) is 57.9 Å². The van der Waals surface area contributed by atoms with Gasteiger partial charge in [-0.2, -0.15) is 0 Å². The molecule has 0 saturated carbocycles. The number of nitrogens with one attached hydrogen (secondary N) is 1. The minimum atomic E-state index is -0.706. The average Bonchev–Trinajstić information content (AvgIpc) is 2.51. The molecule has 0 unspecified atom stereocenters. The molecule has 17 heavy (non-hydrogen) atoms. The standard InChI is InChI=1S/C14H26N2O/c1-7-14(15)12(16-6)11(8-9(2)3)17-13(14)10(4)5/h1,9-13,16H,8,15H2,2-6H3/t11-,12+,13+,14-/m1/s1. The molecule has 1 heterocycles. The van der Waals surface area contributed by atoms with Crippen LogP contribution in [0.1, 0.15) is 34.1 Å². The Labute approximate surface area is 105 Å². The summed E-state index contributed by atoms with van der Waals surface area (Å²) < 4.78 is 6.11. The Balaban J connectivity index is 2.97. The third-order valence-corrected chi connectivity index (χ3v) is 3.55. The Morgan fingerprint density at radius 1 is 1.41 bits per heavy atom. The second-order valence-electron chi connectivity index (χ2n) is 5.81. The van der Waals surface area contributed by atoms with Crippen molar-refractivity contribution in [3.05, 3.63) is 0 Å². The molecule has 3 nitrogen and oxygen atoms in total. The lowest BCUT2D eigenvalue weighted by atomic mass is 9.80. The Hall–Kier alpha value is -0.560. The Morgan fingerprint density at radius 2 is 2.00 bits per heavy atom. The maximum Gasteiger partial charge on any atom is 0.122 e. The molecule has 1 aliphatic rings. The summed E-state index contributed by atoms with van der Waals surface area (Å²) >= 11 is 0. The van der Waals surface area contributed by atoms with Crippen molar-refractivity contribution in [3.8, 4) is 12.3 Å². The summed E-state index contributed by atoms with van der Waals surface area (Å²) in [5.41, 5.74) is 5.69. The second kappa shape index (κ2) is 5.39. The number of nitrogens with two attached hydrogens (primary N) is 1. The molecule has 3 N–H and O–H groups in total. The number of hydrogen-bond acceptors (Lipinski definition) is 3. The fourth-order valence-electron chi connectivity index (χ4n) is 2.83. The van der Waals surface area contributed by atoms with E-state index in [9.17, 15) is 0 Å². The van der Waals surface area contributed by atoms with Crippen LogP contribution < -0.4 is 11.1 Å². The minimum absolute atomic E-state index is 0.0299. The van der Waals surface area contributed by atoms with Crippen LogP contribution >= 0.6 is 0 Å². The first kappa shape index (κ1) is 14.5. The molecule has 1 rings (SSSR count). The summed E-state index contributed by atoms with van der Waals surface area (Å²) in [5, 5.41) is 3.25. The third kappa shape index (κ3) is 2.65. The van der Waals surface area contributed by atoms with Gasteiger partial charge < -0.3 is 15.8 Å².